The Balaban J connectivity index is 2.07. The van der Waals surface area contributed by atoms with Gasteiger partial charge >= 0.3 is 5.97 Å². The van der Waals surface area contributed by atoms with E-state index in [0.29, 0.717) is 17.2 Å². The maximum Gasteiger partial charge on any atom is 0.338 e. The first-order chi connectivity index (χ1) is 14.1. The highest BCUT2D eigenvalue weighted by Gasteiger charge is 2.37. The number of rotatable bonds is 3. The normalized spacial score (nSPS) is 15.2. The first kappa shape index (κ1) is 18.3. The highest BCUT2D eigenvalue weighted by molar-refractivity contribution is 5.95. The number of anilines is 1. The van der Waals surface area contributed by atoms with Gasteiger partial charge in [-0.3, -0.25) is 4.57 Å². The monoisotopic (exact) mass is 383 g/mol. The van der Waals surface area contributed by atoms with E-state index in [1.807, 2.05) is 48.5 Å². The van der Waals surface area contributed by atoms with Gasteiger partial charge in [0.2, 0.25) is 5.95 Å². The van der Waals surface area contributed by atoms with Gasteiger partial charge in [-0.1, -0.05) is 42.5 Å². The van der Waals surface area contributed by atoms with E-state index in [2.05, 4.69) is 16.4 Å². The van der Waals surface area contributed by atoms with Gasteiger partial charge in [0.15, 0.2) is 11.4 Å². The number of esters is 1. The molecule has 7 nitrogen and oxygen atoms in total. The summed E-state index contributed by atoms with van der Waals surface area (Å²) in [5, 5.41) is 24.2. The number of benzene rings is 2. The molecule has 1 aromatic heterocycles. The molecule has 0 saturated heterocycles. The molecule has 0 radical (unpaired) electrons. The van der Waals surface area contributed by atoms with Crippen LogP contribution < -0.4 is 5.32 Å². The van der Waals surface area contributed by atoms with E-state index in [-0.39, 0.29) is 18.0 Å². The second-order valence-corrected chi connectivity index (χ2v) is 6.58. The number of nitrogens with one attached hydrogen (secondary N) is 1. The lowest BCUT2D eigenvalue weighted by atomic mass is 9.91. The number of carbonyl (C=O) groups excluding carboxylic acids is 1. The standard InChI is InChI=1S/C22H17N5O2/c1-3-29-21(28)19-13(2)25-22-26-17(11-23)18(12-24)27(22)20(19)16-10-6-8-14-7-4-5-9-15(14)16/h4-10,20H,3H2,1-2H3,(H,25,26). The molecule has 1 aliphatic heterocycles. The average Bonchev–Trinajstić information content (AvgIpc) is 3.09. The van der Waals surface area contributed by atoms with Gasteiger partial charge in [-0.25, -0.2) is 9.78 Å². The molecule has 1 atom stereocenters. The predicted octanol–water partition coefficient (Wildman–Crippen LogP) is 3.63. The number of carbonyl (C=O) groups is 1. The maximum absolute atomic E-state index is 12.9. The van der Waals surface area contributed by atoms with Crippen LogP contribution in [0.2, 0.25) is 0 Å². The van der Waals surface area contributed by atoms with E-state index >= 15 is 0 Å². The van der Waals surface area contributed by atoms with Gasteiger partial charge in [0.1, 0.15) is 12.1 Å². The number of fused-ring (bicyclic) bond motifs is 2. The van der Waals surface area contributed by atoms with E-state index in [0.717, 1.165) is 16.3 Å². The molecule has 2 heterocycles. The molecule has 0 amide bonds. The Kier molecular flexibility index (Phi) is 4.50. The zero-order chi connectivity index (χ0) is 20.5. The van der Waals surface area contributed by atoms with Crippen LogP contribution in [0, 0.1) is 22.7 Å². The molecular formula is C22H17N5O2. The third-order valence-electron chi connectivity index (χ3n) is 4.97. The van der Waals surface area contributed by atoms with Crippen molar-refractivity contribution in [2.24, 2.45) is 0 Å². The fraction of sp³-hybridized carbons (Fsp3) is 0.182. The Morgan fingerprint density at radius 1 is 1.21 bits per heavy atom. The lowest BCUT2D eigenvalue weighted by molar-refractivity contribution is -0.139. The van der Waals surface area contributed by atoms with Crippen LogP contribution in [0.3, 0.4) is 0 Å². The van der Waals surface area contributed by atoms with E-state index in [1.54, 1.807) is 18.4 Å². The van der Waals surface area contributed by atoms with Crippen LogP contribution >= 0.6 is 0 Å². The Morgan fingerprint density at radius 2 is 1.97 bits per heavy atom. The summed E-state index contributed by atoms with van der Waals surface area (Å²) in [7, 11) is 0. The summed E-state index contributed by atoms with van der Waals surface area (Å²) in [4.78, 5) is 17.2. The van der Waals surface area contributed by atoms with E-state index in [4.69, 9.17) is 4.74 Å². The van der Waals surface area contributed by atoms with Crippen molar-refractivity contribution in [1.82, 2.24) is 9.55 Å². The maximum atomic E-state index is 12.9. The number of aromatic nitrogens is 2. The molecule has 7 heteroatoms. The van der Waals surface area contributed by atoms with Gasteiger partial charge in [0.25, 0.3) is 0 Å². The molecule has 4 rings (SSSR count). The molecule has 3 aromatic rings. The number of imidazole rings is 1. The molecular weight excluding hydrogens is 366 g/mol. The topological polar surface area (TPSA) is 104 Å². The van der Waals surface area contributed by atoms with Crippen molar-refractivity contribution in [3.05, 3.63) is 70.7 Å². The molecule has 1 aliphatic rings. The minimum absolute atomic E-state index is 0.0122. The Bertz CT molecular complexity index is 1250. The van der Waals surface area contributed by atoms with E-state index in [9.17, 15) is 15.3 Å². The van der Waals surface area contributed by atoms with Gasteiger partial charge in [-0.05, 0) is 30.2 Å². The molecule has 1 N–H and O–H groups in total. The molecule has 1 unspecified atom stereocenters. The largest absolute Gasteiger partial charge is 0.463 e. The molecule has 2 aromatic carbocycles. The van der Waals surface area contributed by atoms with Crippen molar-refractivity contribution in [2.75, 3.05) is 11.9 Å². The van der Waals surface area contributed by atoms with Gasteiger partial charge in [-0.15, -0.1) is 0 Å². The van der Waals surface area contributed by atoms with Crippen LogP contribution in [0.25, 0.3) is 10.8 Å². The Hall–Kier alpha value is -4.10. The first-order valence-corrected chi connectivity index (χ1v) is 9.15. The second kappa shape index (κ2) is 7.14. The predicted molar refractivity (Wildman–Crippen MR) is 107 cm³/mol. The number of nitrogens with zero attached hydrogens (tertiary/aromatic N) is 4. The van der Waals surface area contributed by atoms with Crippen molar-refractivity contribution < 1.29 is 9.53 Å². The zero-order valence-corrected chi connectivity index (χ0v) is 15.9. The number of allylic oxidation sites excluding steroid dienone is 1. The molecule has 0 spiro atoms. The number of hydrogen-bond donors (Lipinski definition) is 1. The van der Waals surface area contributed by atoms with Crippen LogP contribution in [0.5, 0.6) is 0 Å². The van der Waals surface area contributed by atoms with Crippen molar-refractivity contribution in [3.8, 4) is 12.1 Å². The highest BCUT2D eigenvalue weighted by atomic mass is 16.5. The second-order valence-electron chi connectivity index (χ2n) is 6.58. The van der Waals surface area contributed by atoms with Crippen molar-refractivity contribution in [2.45, 2.75) is 19.9 Å². The van der Waals surface area contributed by atoms with Crippen molar-refractivity contribution >= 4 is 22.7 Å². The molecule has 0 bridgehead atoms. The summed E-state index contributed by atoms with van der Waals surface area (Å²) in [6, 6.07) is 17.0. The van der Waals surface area contributed by atoms with Gasteiger partial charge in [-0.2, -0.15) is 10.5 Å². The summed E-state index contributed by atoms with van der Waals surface area (Å²) >= 11 is 0. The average molecular weight is 383 g/mol. The first-order valence-electron chi connectivity index (χ1n) is 9.15. The molecule has 142 valence electrons. The smallest absolute Gasteiger partial charge is 0.338 e. The summed E-state index contributed by atoms with van der Waals surface area (Å²) in [5.74, 6) is -0.126. The lowest BCUT2D eigenvalue weighted by Gasteiger charge is -2.30. The third kappa shape index (κ3) is 2.81. The number of nitriles is 2. The van der Waals surface area contributed by atoms with E-state index < -0.39 is 12.0 Å². The zero-order valence-electron chi connectivity index (χ0n) is 15.9. The highest BCUT2D eigenvalue weighted by Crippen LogP contribution is 2.40. The summed E-state index contributed by atoms with van der Waals surface area (Å²) in [5.41, 5.74) is 1.90. The van der Waals surface area contributed by atoms with Gasteiger partial charge < -0.3 is 10.1 Å². The van der Waals surface area contributed by atoms with Crippen LogP contribution in [0.4, 0.5) is 5.95 Å². The minimum atomic E-state index is -0.652. The Morgan fingerprint density at radius 3 is 2.69 bits per heavy atom. The van der Waals surface area contributed by atoms with Crippen LogP contribution in [0.1, 0.15) is 36.8 Å². The van der Waals surface area contributed by atoms with Crippen molar-refractivity contribution in [1.29, 1.82) is 10.5 Å². The van der Waals surface area contributed by atoms with Crippen LogP contribution in [-0.4, -0.2) is 22.1 Å². The summed E-state index contributed by atoms with van der Waals surface area (Å²) < 4.78 is 6.93. The third-order valence-corrected chi connectivity index (χ3v) is 4.97. The van der Waals surface area contributed by atoms with E-state index in [1.165, 1.54) is 0 Å². The van der Waals surface area contributed by atoms with Crippen LogP contribution in [0.15, 0.2) is 53.7 Å². The fourth-order valence-corrected chi connectivity index (χ4v) is 3.78. The lowest BCUT2D eigenvalue weighted by Crippen LogP contribution is -2.29. The summed E-state index contributed by atoms with van der Waals surface area (Å²) in [6.45, 7) is 3.73. The van der Waals surface area contributed by atoms with Gasteiger partial charge in [0.05, 0.1) is 18.2 Å². The van der Waals surface area contributed by atoms with Crippen LogP contribution in [-0.2, 0) is 9.53 Å². The molecule has 0 saturated carbocycles. The molecule has 0 aliphatic carbocycles. The van der Waals surface area contributed by atoms with Gasteiger partial charge in [0, 0.05) is 5.70 Å². The Labute approximate surface area is 167 Å². The summed E-state index contributed by atoms with van der Waals surface area (Å²) in [6.07, 6.45) is 0. The number of hydrogen-bond acceptors (Lipinski definition) is 6. The molecule has 0 fully saturated rings. The minimum Gasteiger partial charge on any atom is -0.463 e. The molecule has 29 heavy (non-hydrogen) atoms. The fourth-order valence-electron chi connectivity index (χ4n) is 3.78. The SMILES string of the molecule is CCOC(=O)C1=C(C)Nc2nc(C#N)c(C#N)n2C1c1cccc2ccccc12. The van der Waals surface area contributed by atoms with Crippen molar-refractivity contribution in [3.63, 3.8) is 0 Å². The number of ether oxygens (including phenoxy) is 1. The quantitative estimate of drug-likeness (QED) is 0.693.